The predicted molar refractivity (Wildman–Crippen MR) is 120 cm³/mol. The van der Waals surface area contributed by atoms with Crippen LogP contribution in [0.3, 0.4) is 0 Å². The van der Waals surface area contributed by atoms with Crippen LogP contribution >= 0.6 is 0 Å². The van der Waals surface area contributed by atoms with Crippen molar-refractivity contribution in [1.82, 2.24) is 39.6 Å². The van der Waals surface area contributed by atoms with Gasteiger partial charge in [-0.3, -0.25) is 4.79 Å². The number of pyridine rings is 1. The van der Waals surface area contributed by atoms with Gasteiger partial charge in [0.2, 0.25) is 0 Å². The van der Waals surface area contributed by atoms with Gasteiger partial charge in [-0.2, -0.15) is 5.10 Å². The third-order valence-corrected chi connectivity index (χ3v) is 6.32. The van der Waals surface area contributed by atoms with Crippen LogP contribution in [0.15, 0.2) is 31.0 Å². The first kappa shape index (κ1) is 22.1. The summed E-state index contributed by atoms with van der Waals surface area (Å²) >= 11 is 0. The maximum absolute atomic E-state index is 14.7. The molecule has 34 heavy (non-hydrogen) atoms. The van der Waals surface area contributed by atoms with Gasteiger partial charge in [0.05, 0.1) is 36.0 Å². The highest BCUT2D eigenvalue weighted by molar-refractivity contribution is 5.92. The average Bonchev–Trinajstić information content (AvgIpc) is 3.38. The third-order valence-electron chi connectivity index (χ3n) is 6.32. The van der Waals surface area contributed by atoms with E-state index in [-0.39, 0.29) is 29.4 Å². The Hall–Kier alpha value is -3.76. The van der Waals surface area contributed by atoms with E-state index in [9.17, 15) is 13.6 Å². The van der Waals surface area contributed by atoms with Gasteiger partial charge in [0.1, 0.15) is 17.2 Å². The first-order chi connectivity index (χ1) is 16.4. The minimum atomic E-state index is -0.495. The lowest BCUT2D eigenvalue weighted by molar-refractivity contribution is 0.0911. The van der Waals surface area contributed by atoms with E-state index < -0.39 is 11.6 Å². The number of nitrogens with one attached hydrogen (secondary N) is 1. The number of hydrogen-bond donors (Lipinski definition) is 1. The SMILES string of the molecule is Cn1cncc1C(=O)N[C@@H]1CCCC(Cc2nc(-c3nn(C)c4ncc(F)cc34)ncc2F)C1. The number of nitrogens with zero attached hydrogens (tertiary/aromatic N) is 7. The molecule has 4 aromatic heterocycles. The van der Waals surface area contributed by atoms with Crippen LogP contribution in [0, 0.1) is 17.6 Å². The molecule has 9 nitrogen and oxygen atoms in total. The normalized spacial score (nSPS) is 18.4. The van der Waals surface area contributed by atoms with Crippen molar-refractivity contribution in [1.29, 1.82) is 0 Å². The third kappa shape index (κ3) is 4.25. The van der Waals surface area contributed by atoms with Gasteiger partial charge in [0.25, 0.3) is 5.91 Å². The summed E-state index contributed by atoms with van der Waals surface area (Å²) in [5, 5.41) is 7.92. The van der Waals surface area contributed by atoms with E-state index in [1.165, 1.54) is 16.9 Å². The number of halogens is 2. The van der Waals surface area contributed by atoms with Crippen molar-refractivity contribution in [3.8, 4) is 11.5 Å². The molecule has 5 rings (SSSR count). The Morgan fingerprint density at radius 2 is 2.03 bits per heavy atom. The monoisotopic (exact) mass is 466 g/mol. The second-order valence-corrected chi connectivity index (χ2v) is 8.78. The second-order valence-electron chi connectivity index (χ2n) is 8.78. The summed E-state index contributed by atoms with van der Waals surface area (Å²) in [6.07, 6.45) is 9.23. The fraction of sp³-hybridized carbons (Fsp3) is 0.391. The van der Waals surface area contributed by atoms with E-state index in [1.807, 2.05) is 0 Å². The van der Waals surface area contributed by atoms with Crippen molar-refractivity contribution in [2.75, 3.05) is 0 Å². The summed E-state index contributed by atoms with van der Waals surface area (Å²) in [5.41, 5.74) is 1.64. The van der Waals surface area contributed by atoms with Crippen molar-refractivity contribution in [3.63, 3.8) is 0 Å². The van der Waals surface area contributed by atoms with Crippen LogP contribution in [0.2, 0.25) is 0 Å². The zero-order chi connectivity index (χ0) is 23.8. The lowest BCUT2D eigenvalue weighted by Gasteiger charge is -2.29. The Balaban J connectivity index is 1.34. The fourth-order valence-corrected chi connectivity index (χ4v) is 4.66. The molecule has 1 amide bonds. The number of aryl methyl sites for hydroxylation is 2. The summed E-state index contributed by atoms with van der Waals surface area (Å²) in [4.78, 5) is 29.2. The van der Waals surface area contributed by atoms with Gasteiger partial charge in [-0.15, -0.1) is 0 Å². The molecule has 2 atom stereocenters. The smallest absolute Gasteiger partial charge is 0.269 e. The Bertz CT molecular complexity index is 1360. The minimum Gasteiger partial charge on any atom is -0.348 e. The van der Waals surface area contributed by atoms with Crippen molar-refractivity contribution >= 4 is 16.9 Å². The molecule has 0 bridgehead atoms. The summed E-state index contributed by atoms with van der Waals surface area (Å²) in [7, 11) is 3.47. The van der Waals surface area contributed by atoms with Crippen molar-refractivity contribution in [2.45, 2.75) is 38.1 Å². The molecule has 1 aliphatic rings. The highest BCUT2D eigenvalue weighted by Crippen LogP contribution is 2.29. The molecule has 11 heteroatoms. The molecule has 4 aromatic rings. The standard InChI is InChI=1S/C23H24F2N8O/c1-32-12-26-11-19(32)23(34)29-15-5-3-4-13(6-15)7-18-17(25)10-27-21(30-18)20-16-8-14(24)9-28-22(16)33(2)31-20/h8-13,15H,3-7H2,1-2H3,(H,29,34)/t13?,15-/m1/s1. The van der Waals surface area contributed by atoms with E-state index in [2.05, 4.69) is 30.4 Å². The molecule has 1 N–H and O–H groups in total. The number of fused-ring (bicyclic) bond motifs is 1. The number of carbonyl (C=O) groups is 1. The van der Waals surface area contributed by atoms with Crippen LogP contribution in [-0.2, 0) is 20.5 Å². The zero-order valence-electron chi connectivity index (χ0n) is 18.9. The first-order valence-corrected chi connectivity index (χ1v) is 11.2. The highest BCUT2D eigenvalue weighted by Gasteiger charge is 2.26. The van der Waals surface area contributed by atoms with Crippen LogP contribution in [0.1, 0.15) is 41.9 Å². The largest absolute Gasteiger partial charge is 0.348 e. The Morgan fingerprint density at radius 3 is 2.82 bits per heavy atom. The molecule has 176 valence electrons. The Morgan fingerprint density at radius 1 is 1.18 bits per heavy atom. The van der Waals surface area contributed by atoms with Crippen LogP contribution < -0.4 is 5.32 Å². The number of carbonyl (C=O) groups excluding carboxylic acids is 1. The lowest BCUT2D eigenvalue weighted by Crippen LogP contribution is -2.39. The zero-order valence-corrected chi connectivity index (χ0v) is 18.9. The van der Waals surface area contributed by atoms with Crippen LogP contribution in [0.4, 0.5) is 8.78 Å². The van der Waals surface area contributed by atoms with Crippen molar-refractivity contribution in [3.05, 3.63) is 54.0 Å². The van der Waals surface area contributed by atoms with Gasteiger partial charge in [0, 0.05) is 20.1 Å². The van der Waals surface area contributed by atoms with Gasteiger partial charge in [-0.05, 0) is 37.7 Å². The van der Waals surface area contributed by atoms with Crippen molar-refractivity contribution < 1.29 is 13.6 Å². The number of aromatic nitrogens is 7. The molecular formula is C23H24F2N8O. The molecule has 0 aromatic carbocycles. The van der Waals surface area contributed by atoms with Crippen LogP contribution in [0.25, 0.3) is 22.6 Å². The highest BCUT2D eigenvalue weighted by atomic mass is 19.1. The molecule has 0 spiro atoms. The first-order valence-electron chi connectivity index (χ1n) is 11.2. The van der Waals surface area contributed by atoms with E-state index >= 15 is 0 Å². The quantitative estimate of drug-likeness (QED) is 0.485. The number of imidazole rings is 1. The molecule has 1 unspecified atom stereocenters. The summed E-state index contributed by atoms with van der Waals surface area (Å²) < 4.78 is 31.7. The second kappa shape index (κ2) is 8.88. The molecule has 1 fully saturated rings. The number of rotatable bonds is 5. The molecule has 0 radical (unpaired) electrons. The molecule has 1 aliphatic carbocycles. The number of amides is 1. The molecular weight excluding hydrogens is 442 g/mol. The Labute approximate surface area is 194 Å². The van der Waals surface area contributed by atoms with Gasteiger partial charge >= 0.3 is 0 Å². The van der Waals surface area contributed by atoms with Crippen molar-refractivity contribution in [2.24, 2.45) is 20.0 Å². The van der Waals surface area contributed by atoms with Gasteiger partial charge in [0.15, 0.2) is 17.3 Å². The summed E-state index contributed by atoms with van der Waals surface area (Å²) in [6.45, 7) is 0. The minimum absolute atomic E-state index is 0.000646. The summed E-state index contributed by atoms with van der Waals surface area (Å²) in [5.74, 6) is -0.766. The maximum Gasteiger partial charge on any atom is 0.269 e. The maximum atomic E-state index is 14.7. The van der Waals surface area contributed by atoms with Crippen LogP contribution in [0.5, 0.6) is 0 Å². The predicted octanol–water partition coefficient (Wildman–Crippen LogP) is 2.97. The Kier molecular flexibility index (Phi) is 5.76. The molecule has 0 saturated heterocycles. The van der Waals surface area contributed by atoms with E-state index in [4.69, 9.17) is 0 Å². The van der Waals surface area contributed by atoms with Gasteiger partial charge < -0.3 is 9.88 Å². The molecule has 0 aliphatic heterocycles. The van der Waals surface area contributed by atoms with Gasteiger partial charge in [-0.25, -0.2) is 33.4 Å². The van der Waals surface area contributed by atoms with E-state index in [1.54, 1.807) is 25.0 Å². The van der Waals surface area contributed by atoms with Crippen LogP contribution in [-0.4, -0.2) is 46.2 Å². The summed E-state index contributed by atoms with van der Waals surface area (Å²) in [6, 6.07) is 1.33. The molecule has 1 saturated carbocycles. The fourth-order valence-electron chi connectivity index (χ4n) is 4.66. The topological polar surface area (TPSA) is 103 Å². The average molecular weight is 466 g/mol. The van der Waals surface area contributed by atoms with E-state index in [0.29, 0.717) is 28.8 Å². The van der Waals surface area contributed by atoms with Gasteiger partial charge in [-0.1, -0.05) is 6.42 Å². The molecule has 4 heterocycles. The van der Waals surface area contributed by atoms with E-state index in [0.717, 1.165) is 38.1 Å². The lowest BCUT2D eigenvalue weighted by atomic mass is 9.83. The number of hydrogen-bond acceptors (Lipinski definition) is 6.